The first-order valence-electron chi connectivity index (χ1n) is 15.7. The van der Waals surface area contributed by atoms with Gasteiger partial charge in [-0.1, -0.05) is 79.3 Å². The van der Waals surface area contributed by atoms with Crippen molar-refractivity contribution in [1.82, 2.24) is 0 Å². The summed E-state index contributed by atoms with van der Waals surface area (Å²) in [6.07, 6.45) is -27.3. The van der Waals surface area contributed by atoms with Crippen molar-refractivity contribution in [3.05, 3.63) is 0 Å². The van der Waals surface area contributed by atoms with Gasteiger partial charge in [-0.05, 0) is 0 Å². The SMILES string of the molecule is CO.COCCOC(F)(F)F.FC(F)(F)OCCBr.FC(F)(F)OCCBr.FS(F)(F)F.O=C(F)F.O=C(F)OCCBr.O=C(O)COCCOC(F)(F)F.OCCBr.OCOCCOC(F)(F)F. The van der Waals surface area contributed by atoms with Crippen LogP contribution < -0.4 is 0 Å². The molecule has 0 atom stereocenters. The Hall–Kier alpha value is -1.10. The maximum Gasteiger partial charge on any atom is 0.522 e. The molecule has 0 aliphatic heterocycles. The second-order valence-corrected chi connectivity index (χ2v) is 12.0. The van der Waals surface area contributed by atoms with E-state index in [1.165, 1.54) is 7.11 Å². The summed E-state index contributed by atoms with van der Waals surface area (Å²) in [6, 6.07) is 0. The molecule has 0 heterocycles. The van der Waals surface area contributed by atoms with Crippen molar-refractivity contribution in [2.24, 2.45) is 0 Å². The Labute approximate surface area is 411 Å². The normalized spacial score (nSPS) is 10.9. The number of aliphatic carboxylic acids is 1. The Morgan fingerprint density at radius 1 is 0.478 bits per heavy atom. The van der Waals surface area contributed by atoms with Gasteiger partial charge in [0.05, 0.1) is 59.5 Å². The van der Waals surface area contributed by atoms with E-state index in [1.807, 2.05) is 0 Å². The fourth-order valence-electron chi connectivity index (χ4n) is 1.32. The van der Waals surface area contributed by atoms with Crippen molar-refractivity contribution in [2.45, 2.75) is 31.8 Å². The van der Waals surface area contributed by atoms with Crippen molar-refractivity contribution >= 4 is 93.8 Å². The number of carboxylic acids is 1. The Bertz CT molecular complexity index is 1030. The van der Waals surface area contributed by atoms with Gasteiger partial charge < -0.3 is 39.4 Å². The number of halogens is 26. The predicted octanol–water partition coefficient (Wildman–Crippen LogP) is 11.0. The van der Waals surface area contributed by atoms with E-state index < -0.39 is 102 Å². The maximum atomic E-state index is 11.2. The van der Waals surface area contributed by atoms with Gasteiger partial charge >= 0.3 is 61.9 Å². The number of hydrogen-bond acceptors (Lipinski definition) is 15. The zero-order valence-electron chi connectivity index (χ0n) is 34.2. The number of methoxy groups -OCH3 is 1. The Kier molecular flexibility index (Phi) is 80.4. The van der Waals surface area contributed by atoms with Crippen LogP contribution in [0.15, 0.2) is 0 Å². The molecule has 0 radical (unpaired) electrons. The highest BCUT2D eigenvalue weighted by Gasteiger charge is 2.30. The summed E-state index contributed by atoms with van der Waals surface area (Å²) in [5.74, 6) is -1.23. The zero-order valence-corrected chi connectivity index (χ0v) is 41.4. The number of ether oxygens (including phenoxy) is 9. The van der Waals surface area contributed by atoms with Crippen LogP contribution >= 0.6 is 75.3 Å². The minimum atomic E-state index is -6.17. The third kappa shape index (κ3) is 219. The van der Waals surface area contributed by atoms with E-state index in [-0.39, 0.29) is 50.3 Å². The molecule has 4 N–H and O–H groups in total. The van der Waals surface area contributed by atoms with Gasteiger partial charge in [-0.2, -0.15) is 0 Å². The molecule has 0 saturated heterocycles. The van der Waals surface area contributed by atoms with Gasteiger partial charge in [0.25, 0.3) is 0 Å². The number of hydrogen-bond donors (Lipinski definition) is 4. The molecule has 43 heteroatoms. The van der Waals surface area contributed by atoms with Crippen molar-refractivity contribution in [2.75, 3.05) is 115 Å². The molecule has 0 unspecified atom stereocenters. The first-order valence-corrected chi connectivity index (χ1v) is 21.4. The molecule has 0 bridgehead atoms. The summed E-state index contributed by atoms with van der Waals surface area (Å²) in [7, 11) is 2.31. The van der Waals surface area contributed by atoms with Crippen LogP contribution in [0.1, 0.15) is 0 Å². The van der Waals surface area contributed by atoms with E-state index in [0.717, 1.165) is 7.11 Å². The maximum absolute atomic E-state index is 11.2. The van der Waals surface area contributed by atoms with Crippen molar-refractivity contribution in [3.63, 3.8) is 0 Å². The Morgan fingerprint density at radius 2 is 0.725 bits per heavy atom. The smallest absolute Gasteiger partial charge is 0.480 e. The average molecular weight is 1380 g/mol. The standard InChI is InChI=1S/C5H7F3O4.C4H7F3O3.C4H7F3O2.2C3H4BrF3O.C3H4BrFO2.C2H5BrO.CF2O.CH4O.F4S/c6-5(7,8)12-2-1-11-3-4(9)10;5-4(6,7)10-2-1-9-3-8;1-8-2-3-9-4(5,6)7;2*4-1-2-8-3(5,6)7;4-1-2-7-3(5)6;3-1-2-4;2-1(3)4;1-2;1-5(2,3)4/h1-3H2,(H,9,10);8H,1-3H2;2-3H2,1H3;2*1-2H2;1-2H2;4H,1-2H2;;2H,1H3;. The summed E-state index contributed by atoms with van der Waals surface area (Å²) < 4.78 is 269. The Morgan fingerprint density at radius 3 is 0.884 bits per heavy atom. The Balaban J connectivity index is -0.0000000719. The molecular formula is C26H42Br4F22O16S. The minimum absolute atomic E-state index is 0.0422. The second-order valence-electron chi connectivity index (χ2n) is 8.09. The highest BCUT2D eigenvalue weighted by Crippen LogP contribution is 2.54. The molecule has 0 aromatic heterocycles. The van der Waals surface area contributed by atoms with Gasteiger partial charge in [0.2, 0.25) is 0 Å². The van der Waals surface area contributed by atoms with Crippen molar-refractivity contribution < 1.29 is 172 Å². The van der Waals surface area contributed by atoms with Crippen LogP contribution in [0, 0.1) is 0 Å². The van der Waals surface area contributed by atoms with Crippen molar-refractivity contribution in [3.8, 4) is 0 Å². The summed E-state index contributed by atoms with van der Waals surface area (Å²) in [5.41, 5.74) is 0. The summed E-state index contributed by atoms with van der Waals surface area (Å²) in [6.45, 7) is -3.99. The van der Waals surface area contributed by atoms with Gasteiger partial charge in [0.15, 0.2) is 0 Å². The predicted molar refractivity (Wildman–Crippen MR) is 206 cm³/mol. The minimum Gasteiger partial charge on any atom is -0.480 e. The van der Waals surface area contributed by atoms with Gasteiger partial charge in [0.1, 0.15) is 20.0 Å². The molecule has 0 amide bonds. The van der Waals surface area contributed by atoms with Crippen LogP contribution in [0.3, 0.4) is 0 Å². The monoisotopic (exact) mass is 1380 g/mol. The van der Waals surface area contributed by atoms with E-state index in [2.05, 4.69) is 106 Å². The third-order valence-corrected chi connectivity index (χ3v) is 4.25. The molecule has 0 saturated carbocycles. The van der Waals surface area contributed by atoms with Gasteiger partial charge in [-0.3, -0.25) is 23.7 Å². The lowest BCUT2D eigenvalue weighted by Gasteiger charge is -2.06. The van der Waals surface area contributed by atoms with Crippen LogP contribution in [0.25, 0.3) is 0 Å². The lowest BCUT2D eigenvalue weighted by molar-refractivity contribution is -0.328. The van der Waals surface area contributed by atoms with Crippen LogP contribution in [0.5, 0.6) is 0 Å². The molecule has 0 aliphatic carbocycles. The van der Waals surface area contributed by atoms with Gasteiger partial charge in [-0.25, -0.2) is 14.4 Å². The summed E-state index contributed by atoms with van der Waals surface area (Å²) in [4.78, 5) is 27.2. The summed E-state index contributed by atoms with van der Waals surface area (Å²) in [5, 5.41) is 32.3. The van der Waals surface area contributed by atoms with E-state index in [1.54, 1.807) is 0 Å². The fourth-order valence-corrected chi connectivity index (χ4v) is 1.81. The lowest BCUT2D eigenvalue weighted by Crippen LogP contribution is -2.18. The number of carbonyl (C=O) groups is 3. The molecule has 430 valence electrons. The lowest BCUT2D eigenvalue weighted by atomic mass is 10.7. The number of aliphatic hydroxyl groups is 3. The molecule has 0 rings (SSSR count). The van der Waals surface area contributed by atoms with Crippen LogP contribution in [-0.4, -0.2) is 186 Å². The highest BCUT2D eigenvalue weighted by molar-refractivity contribution is 9.09. The van der Waals surface area contributed by atoms with Crippen molar-refractivity contribution in [1.29, 1.82) is 0 Å². The topological polar surface area (TPSA) is 215 Å². The van der Waals surface area contributed by atoms with Crippen LogP contribution in [0.2, 0.25) is 0 Å². The number of alkyl halides is 19. The molecule has 0 spiro atoms. The largest absolute Gasteiger partial charge is 0.522 e. The molecule has 16 nitrogen and oxygen atoms in total. The highest BCUT2D eigenvalue weighted by atomic mass is 79.9. The van der Waals surface area contributed by atoms with E-state index in [9.17, 15) is 104 Å². The molecule has 0 fully saturated rings. The van der Waals surface area contributed by atoms with E-state index in [0.29, 0.717) is 10.7 Å². The first kappa shape index (κ1) is 90.6. The molecule has 0 aromatic rings. The number of rotatable bonds is 19. The molecule has 0 aromatic carbocycles. The van der Waals surface area contributed by atoms with Gasteiger partial charge in [-0.15, -0.1) is 79.0 Å². The average Bonchev–Trinajstić information content (AvgIpc) is 3.16. The van der Waals surface area contributed by atoms with Gasteiger partial charge in [0, 0.05) is 35.5 Å². The number of carboxylic acid groups (broad SMARTS) is 1. The molecular weight excluding hydrogens is 1340 g/mol. The molecule has 0 aliphatic rings. The number of carbonyl (C=O) groups excluding carboxylic acids is 2. The van der Waals surface area contributed by atoms with Crippen LogP contribution in [-0.2, 0) is 47.4 Å². The molecule has 69 heavy (non-hydrogen) atoms. The fraction of sp³-hybridized carbons (Fsp3) is 0.885. The summed E-state index contributed by atoms with van der Waals surface area (Å²) >= 11 is 5.32. The third-order valence-electron chi connectivity index (χ3n) is 2.92. The zero-order chi connectivity index (χ0) is 57.4. The number of aliphatic hydroxyl groups excluding tert-OH is 3. The first-order chi connectivity index (χ1) is 31.1. The van der Waals surface area contributed by atoms with E-state index >= 15 is 0 Å². The quantitative estimate of drug-likeness (QED) is 0.0311. The van der Waals surface area contributed by atoms with Crippen LogP contribution in [0.4, 0.5) is 104 Å². The second kappa shape index (κ2) is 61.2. The van der Waals surface area contributed by atoms with E-state index in [4.69, 9.17) is 25.2 Å².